The lowest BCUT2D eigenvalue weighted by Crippen LogP contribution is -2.47. The molecule has 2 aliphatic rings. The highest BCUT2D eigenvalue weighted by molar-refractivity contribution is 5.74. The van der Waals surface area contributed by atoms with Crippen molar-refractivity contribution in [3.63, 3.8) is 0 Å². The monoisotopic (exact) mass is 549 g/mol. The van der Waals surface area contributed by atoms with Crippen molar-refractivity contribution in [3.8, 4) is 5.75 Å². The molecule has 10 heteroatoms. The Labute approximate surface area is 232 Å². The molecule has 1 aliphatic heterocycles. The van der Waals surface area contributed by atoms with Crippen LogP contribution >= 0.6 is 0 Å². The van der Waals surface area contributed by atoms with Crippen LogP contribution in [0.15, 0.2) is 24.3 Å². The Morgan fingerprint density at radius 1 is 1.00 bits per heavy atom. The number of carbonyl (C=O) groups is 2. The van der Waals surface area contributed by atoms with Crippen molar-refractivity contribution in [1.82, 2.24) is 15.5 Å². The Morgan fingerprint density at radius 3 is 2.41 bits per heavy atom. The van der Waals surface area contributed by atoms with E-state index < -0.39 is 6.10 Å². The van der Waals surface area contributed by atoms with E-state index in [4.69, 9.17) is 18.9 Å². The van der Waals surface area contributed by atoms with E-state index in [9.17, 15) is 14.7 Å². The minimum absolute atomic E-state index is 0.112. The summed E-state index contributed by atoms with van der Waals surface area (Å²) in [6.07, 6.45) is 3.98. The fourth-order valence-electron chi connectivity index (χ4n) is 4.06. The SMILES string of the molecule is CC(C)C(=O)OC1CCN(C(=O)NCCNCC(O)COc2ccc(CCOCCOCC3CC3)cc2)CC1. The van der Waals surface area contributed by atoms with E-state index in [1.54, 1.807) is 4.90 Å². The van der Waals surface area contributed by atoms with Crippen LogP contribution in [0, 0.1) is 11.8 Å². The minimum atomic E-state index is -0.663. The van der Waals surface area contributed by atoms with E-state index in [2.05, 4.69) is 10.6 Å². The van der Waals surface area contributed by atoms with E-state index >= 15 is 0 Å². The third-order valence-corrected chi connectivity index (χ3v) is 6.76. The van der Waals surface area contributed by atoms with Crippen molar-refractivity contribution >= 4 is 12.0 Å². The summed E-state index contributed by atoms with van der Waals surface area (Å²) in [5, 5.41) is 16.2. The standard InChI is InChI=1S/C29H47N3O7/c1-22(2)28(34)39-27-9-14-32(15-10-27)29(35)31-13-12-30-19-25(33)21-38-26-7-5-23(6-8-26)11-16-36-17-18-37-20-24-3-4-24/h5-8,22,24-25,27,30,33H,3-4,9-21H2,1-2H3,(H,31,35). The fraction of sp³-hybridized carbons (Fsp3) is 0.724. The highest BCUT2D eigenvalue weighted by Gasteiger charge is 2.25. The molecule has 1 saturated carbocycles. The number of aliphatic hydroxyl groups is 1. The van der Waals surface area contributed by atoms with Crippen LogP contribution in [-0.4, -0.2) is 100.0 Å². The van der Waals surface area contributed by atoms with Crippen molar-refractivity contribution < 1.29 is 33.6 Å². The molecule has 1 aliphatic carbocycles. The van der Waals surface area contributed by atoms with Crippen molar-refractivity contribution in [1.29, 1.82) is 0 Å². The predicted octanol–water partition coefficient (Wildman–Crippen LogP) is 2.37. The molecule has 0 bridgehead atoms. The number of hydrogen-bond acceptors (Lipinski definition) is 8. The van der Waals surface area contributed by atoms with E-state index in [0.717, 1.165) is 18.9 Å². The molecule has 1 unspecified atom stereocenters. The molecule has 2 amide bonds. The maximum Gasteiger partial charge on any atom is 0.317 e. The van der Waals surface area contributed by atoms with Gasteiger partial charge in [0.15, 0.2) is 0 Å². The molecule has 10 nitrogen and oxygen atoms in total. The topological polar surface area (TPSA) is 119 Å². The van der Waals surface area contributed by atoms with Gasteiger partial charge in [-0.15, -0.1) is 0 Å². The number of benzene rings is 1. The first-order valence-corrected chi connectivity index (χ1v) is 14.4. The van der Waals surface area contributed by atoms with Gasteiger partial charge in [0.2, 0.25) is 0 Å². The zero-order chi connectivity index (χ0) is 27.9. The number of urea groups is 1. The van der Waals surface area contributed by atoms with E-state index in [1.807, 2.05) is 38.1 Å². The Morgan fingerprint density at radius 2 is 1.72 bits per heavy atom. The molecule has 0 spiro atoms. The lowest BCUT2D eigenvalue weighted by molar-refractivity contribution is -0.154. The van der Waals surface area contributed by atoms with Gasteiger partial charge >= 0.3 is 12.0 Å². The average Bonchev–Trinajstić information content (AvgIpc) is 3.76. The fourth-order valence-corrected chi connectivity index (χ4v) is 4.06. The number of nitrogens with one attached hydrogen (secondary N) is 2. The summed E-state index contributed by atoms with van der Waals surface area (Å²) in [5.74, 6) is 1.17. The number of rotatable bonds is 18. The third kappa shape index (κ3) is 13.0. The summed E-state index contributed by atoms with van der Waals surface area (Å²) in [6.45, 7) is 9.11. The molecule has 2 fully saturated rings. The van der Waals surface area contributed by atoms with Gasteiger partial charge in [-0.25, -0.2) is 4.79 Å². The summed E-state index contributed by atoms with van der Waals surface area (Å²) in [4.78, 5) is 25.8. The molecule has 1 aromatic carbocycles. The summed E-state index contributed by atoms with van der Waals surface area (Å²) >= 11 is 0. The van der Waals surface area contributed by atoms with Crippen LogP contribution < -0.4 is 15.4 Å². The molecule has 1 atom stereocenters. The molecule has 1 aromatic rings. The number of piperidine rings is 1. The molecule has 3 rings (SSSR count). The maximum atomic E-state index is 12.3. The van der Waals surface area contributed by atoms with Crippen LogP contribution in [0.4, 0.5) is 4.79 Å². The number of amides is 2. The smallest absolute Gasteiger partial charge is 0.317 e. The van der Waals surface area contributed by atoms with Gasteiger partial charge in [0.05, 0.1) is 25.7 Å². The van der Waals surface area contributed by atoms with Crippen LogP contribution in [0.1, 0.15) is 45.1 Å². The third-order valence-electron chi connectivity index (χ3n) is 6.76. The Balaban J connectivity index is 1.15. The van der Waals surface area contributed by atoms with Crippen molar-refractivity contribution in [2.45, 2.75) is 58.2 Å². The van der Waals surface area contributed by atoms with Crippen LogP contribution in [-0.2, 0) is 25.4 Å². The zero-order valence-corrected chi connectivity index (χ0v) is 23.6. The summed E-state index contributed by atoms with van der Waals surface area (Å²) in [5.41, 5.74) is 1.17. The second kappa shape index (κ2) is 17.3. The number of nitrogens with zero attached hydrogens (tertiary/aromatic N) is 1. The van der Waals surface area contributed by atoms with Crippen LogP contribution in [0.25, 0.3) is 0 Å². The van der Waals surface area contributed by atoms with Gasteiger partial charge in [0.1, 0.15) is 24.6 Å². The molecule has 1 heterocycles. The average molecular weight is 550 g/mol. The minimum Gasteiger partial charge on any atom is -0.491 e. The maximum absolute atomic E-state index is 12.3. The quantitative estimate of drug-likeness (QED) is 0.189. The number of aliphatic hydroxyl groups excluding tert-OH is 1. The molecular formula is C29H47N3O7. The largest absolute Gasteiger partial charge is 0.491 e. The Hall–Kier alpha value is -2.40. The number of carbonyl (C=O) groups excluding carboxylic acids is 2. The van der Waals surface area contributed by atoms with E-state index in [0.29, 0.717) is 71.1 Å². The van der Waals surface area contributed by atoms with Crippen molar-refractivity contribution in [3.05, 3.63) is 29.8 Å². The van der Waals surface area contributed by atoms with E-state index in [-0.39, 0.29) is 30.6 Å². The van der Waals surface area contributed by atoms with Gasteiger partial charge in [-0.2, -0.15) is 0 Å². The van der Waals surface area contributed by atoms with Gasteiger partial charge in [0, 0.05) is 52.2 Å². The first-order valence-electron chi connectivity index (χ1n) is 14.4. The first kappa shape index (κ1) is 31.1. The van der Waals surface area contributed by atoms with Crippen LogP contribution in [0.2, 0.25) is 0 Å². The van der Waals surface area contributed by atoms with Gasteiger partial charge < -0.3 is 39.6 Å². The summed E-state index contributed by atoms with van der Waals surface area (Å²) in [7, 11) is 0. The van der Waals surface area contributed by atoms with Crippen LogP contribution in [0.5, 0.6) is 5.75 Å². The van der Waals surface area contributed by atoms with Gasteiger partial charge in [-0.3, -0.25) is 4.79 Å². The predicted molar refractivity (Wildman–Crippen MR) is 148 cm³/mol. The Bertz CT molecular complexity index is 840. The second-order valence-corrected chi connectivity index (χ2v) is 10.7. The lowest BCUT2D eigenvalue weighted by Gasteiger charge is -2.32. The van der Waals surface area contributed by atoms with Crippen molar-refractivity contribution in [2.24, 2.45) is 11.8 Å². The summed E-state index contributed by atoms with van der Waals surface area (Å²) in [6, 6.07) is 7.70. The van der Waals surface area contributed by atoms with Crippen LogP contribution in [0.3, 0.4) is 0 Å². The molecule has 0 aromatic heterocycles. The molecule has 3 N–H and O–H groups in total. The molecule has 220 valence electrons. The highest BCUT2D eigenvalue weighted by Crippen LogP contribution is 2.28. The van der Waals surface area contributed by atoms with Gasteiger partial charge in [-0.1, -0.05) is 26.0 Å². The molecule has 0 radical (unpaired) electrons. The lowest BCUT2D eigenvalue weighted by atomic mass is 10.1. The first-order chi connectivity index (χ1) is 18.9. The number of likely N-dealkylation sites (tertiary alicyclic amines) is 1. The number of hydrogen-bond donors (Lipinski definition) is 3. The highest BCUT2D eigenvalue weighted by atomic mass is 16.5. The zero-order valence-electron chi connectivity index (χ0n) is 23.6. The molecule has 39 heavy (non-hydrogen) atoms. The normalized spacial score (nSPS) is 16.8. The van der Waals surface area contributed by atoms with E-state index in [1.165, 1.54) is 18.4 Å². The Kier molecular flexibility index (Phi) is 13.8. The molecule has 1 saturated heterocycles. The molecular weight excluding hydrogens is 502 g/mol. The second-order valence-electron chi connectivity index (χ2n) is 10.7. The van der Waals surface area contributed by atoms with Gasteiger partial charge in [-0.05, 0) is 42.9 Å². The van der Waals surface area contributed by atoms with Gasteiger partial charge in [0.25, 0.3) is 0 Å². The number of esters is 1. The van der Waals surface area contributed by atoms with Crippen molar-refractivity contribution in [2.75, 3.05) is 65.8 Å². The summed E-state index contributed by atoms with van der Waals surface area (Å²) < 4.78 is 22.3. The number of ether oxygens (including phenoxy) is 4.